The van der Waals surface area contributed by atoms with Crippen LogP contribution in [0.4, 0.5) is 22.2 Å². The van der Waals surface area contributed by atoms with Crippen LogP contribution in [0.2, 0.25) is 10.0 Å². The first-order valence-electron chi connectivity index (χ1n) is 9.28. The molecule has 0 bridgehead atoms. The van der Waals surface area contributed by atoms with Gasteiger partial charge in [-0.25, -0.2) is 4.98 Å². The Labute approximate surface area is 188 Å². The fourth-order valence-electron chi connectivity index (χ4n) is 2.96. The van der Waals surface area contributed by atoms with Gasteiger partial charge in [0.05, 0.1) is 38.7 Å². The van der Waals surface area contributed by atoms with E-state index >= 15 is 0 Å². The van der Waals surface area contributed by atoms with Gasteiger partial charge in [-0.05, 0) is 32.0 Å². The summed E-state index contributed by atoms with van der Waals surface area (Å²) in [5, 5.41) is 12.7. The van der Waals surface area contributed by atoms with Crippen molar-refractivity contribution in [2.75, 3.05) is 30.4 Å². The van der Waals surface area contributed by atoms with Crippen molar-refractivity contribution in [1.29, 1.82) is 0 Å². The molecular weight excluding hydrogens is 445 g/mol. The van der Waals surface area contributed by atoms with Crippen molar-refractivity contribution in [1.82, 2.24) is 4.98 Å². The largest absolute Gasteiger partial charge is 0.494 e. The molecule has 1 N–H and O–H groups in total. The van der Waals surface area contributed by atoms with Crippen molar-refractivity contribution >= 4 is 72.9 Å². The SMILES string of the molecule is CCN(CC)c1cc(NC(C)=O)c(N=Nc2nc3cc(Cl)c(Cl)cc3s2)cc1OC. The quantitative estimate of drug-likeness (QED) is 0.387. The van der Waals surface area contributed by atoms with Gasteiger partial charge in [-0.15, -0.1) is 10.2 Å². The third-order valence-electron chi connectivity index (χ3n) is 4.37. The molecule has 1 aromatic heterocycles. The second-order valence-corrected chi connectivity index (χ2v) is 8.15. The van der Waals surface area contributed by atoms with Crippen LogP contribution in [0.1, 0.15) is 20.8 Å². The lowest BCUT2D eigenvalue weighted by Gasteiger charge is -2.24. The molecule has 1 amide bonds. The van der Waals surface area contributed by atoms with Gasteiger partial charge in [0, 0.05) is 26.1 Å². The van der Waals surface area contributed by atoms with Crippen LogP contribution >= 0.6 is 34.5 Å². The highest BCUT2D eigenvalue weighted by Crippen LogP contribution is 2.40. The number of halogens is 2. The number of hydrogen-bond acceptors (Lipinski definition) is 7. The smallest absolute Gasteiger partial charge is 0.231 e. The fraction of sp³-hybridized carbons (Fsp3) is 0.300. The van der Waals surface area contributed by atoms with Crippen molar-refractivity contribution in [3.63, 3.8) is 0 Å². The van der Waals surface area contributed by atoms with Crippen molar-refractivity contribution in [2.24, 2.45) is 10.2 Å². The van der Waals surface area contributed by atoms with Crippen molar-refractivity contribution < 1.29 is 9.53 Å². The summed E-state index contributed by atoms with van der Waals surface area (Å²) >= 11 is 13.5. The van der Waals surface area contributed by atoms with Gasteiger partial charge in [-0.1, -0.05) is 34.5 Å². The van der Waals surface area contributed by atoms with E-state index in [0.29, 0.717) is 37.8 Å². The number of carbonyl (C=O) groups excluding carboxylic acids is 1. The van der Waals surface area contributed by atoms with E-state index in [9.17, 15) is 4.79 Å². The monoisotopic (exact) mass is 465 g/mol. The summed E-state index contributed by atoms with van der Waals surface area (Å²) in [5.74, 6) is 0.441. The lowest BCUT2D eigenvalue weighted by atomic mass is 10.2. The number of nitrogens with one attached hydrogen (secondary N) is 1. The number of aromatic nitrogens is 1. The summed E-state index contributed by atoms with van der Waals surface area (Å²) in [6.45, 7) is 7.15. The Morgan fingerprint density at radius 1 is 1.17 bits per heavy atom. The van der Waals surface area contributed by atoms with Gasteiger partial charge in [0.2, 0.25) is 11.0 Å². The van der Waals surface area contributed by atoms with Crippen LogP contribution in [-0.4, -0.2) is 31.1 Å². The zero-order valence-corrected chi connectivity index (χ0v) is 19.3. The van der Waals surface area contributed by atoms with Gasteiger partial charge >= 0.3 is 0 Å². The third-order valence-corrected chi connectivity index (χ3v) is 6.00. The first-order valence-corrected chi connectivity index (χ1v) is 10.8. The molecule has 3 aromatic rings. The van der Waals surface area contributed by atoms with E-state index < -0.39 is 0 Å². The highest BCUT2D eigenvalue weighted by Gasteiger charge is 2.16. The molecule has 0 fully saturated rings. The van der Waals surface area contributed by atoms with Crippen LogP contribution in [0, 0.1) is 0 Å². The van der Waals surface area contributed by atoms with Gasteiger partial charge in [0.1, 0.15) is 11.4 Å². The first kappa shape index (κ1) is 22.3. The van der Waals surface area contributed by atoms with Crippen molar-refractivity contribution in [3.05, 3.63) is 34.3 Å². The Balaban J connectivity index is 2.04. The minimum Gasteiger partial charge on any atom is -0.494 e. The Kier molecular flexibility index (Phi) is 7.12. The molecule has 3 rings (SSSR count). The summed E-state index contributed by atoms with van der Waals surface area (Å²) < 4.78 is 6.42. The molecule has 10 heteroatoms. The molecule has 2 aromatic carbocycles. The van der Waals surface area contributed by atoms with Gasteiger partial charge < -0.3 is 15.0 Å². The second kappa shape index (κ2) is 9.59. The lowest BCUT2D eigenvalue weighted by molar-refractivity contribution is -0.114. The van der Waals surface area contributed by atoms with Crippen LogP contribution in [-0.2, 0) is 4.79 Å². The van der Waals surface area contributed by atoms with Crippen LogP contribution in [0.3, 0.4) is 0 Å². The normalized spacial score (nSPS) is 11.3. The average molecular weight is 466 g/mol. The molecule has 0 aliphatic rings. The predicted octanol–water partition coefficient (Wildman–Crippen LogP) is 6.83. The predicted molar refractivity (Wildman–Crippen MR) is 125 cm³/mol. The molecule has 0 saturated heterocycles. The zero-order chi connectivity index (χ0) is 21.8. The molecule has 7 nitrogen and oxygen atoms in total. The number of ether oxygens (including phenoxy) is 1. The Morgan fingerprint density at radius 2 is 1.87 bits per heavy atom. The van der Waals surface area contributed by atoms with E-state index in [-0.39, 0.29) is 5.91 Å². The molecule has 158 valence electrons. The Morgan fingerprint density at radius 3 is 2.50 bits per heavy atom. The minimum absolute atomic E-state index is 0.202. The maximum Gasteiger partial charge on any atom is 0.231 e. The molecule has 0 aliphatic carbocycles. The Bertz CT molecular complexity index is 1070. The summed E-state index contributed by atoms with van der Waals surface area (Å²) in [6.07, 6.45) is 0. The summed E-state index contributed by atoms with van der Waals surface area (Å²) in [5.41, 5.74) is 2.57. The van der Waals surface area contributed by atoms with Gasteiger partial charge in [-0.3, -0.25) is 4.79 Å². The third kappa shape index (κ3) is 4.83. The second-order valence-electron chi connectivity index (χ2n) is 6.33. The van der Waals surface area contributed by atoms with E-state index in [1.165, 1.54) is 18.3 Å². The van der Waals surface area contributed by atoms with E-state index in [2.05, 4.69) is 39.3 Å². The number of rotatable bonds is 7. The number of anilines is 2. The average Bonchev–Trinajstić information content (AvgIpc) is 3.09. The van der Waals surface area contributed by atoms with Crippen LogP contribution < -0.4 is 15.0 Å². The molecule has 0 saturated carbocycles. The van der Waals surface area contributed by atoms with Crippen LogP contribution in [0.15, 0.2) is 34.5 Å². The molecule has 0 aliphatic heterocycles. The standard InChI is InChI=1S/C20H21Cl2N5O2S/c1-5-27(6-2)17-9-14(23-11(3)28)15(10-18(17)29-4)25-26-20-24-16-7-12(21)13(22)8-19(16)30-20/h7-10H,5-6H2,1-4H3,(H,23,28). The van der Waals surface area contributed by atoms with Gasteiger partial charge in [0.25, 0.3) is 0 Å². The molecule has 30 heavy (non-hydrogen) atoms. The van der Waals surface area contributed by atoms with Crippen molar-refractivity contribution in [3.8, 4) is 5.75 Å². The number of carbonyl (C=O) groups is 1. The number of benzene rings is 2. The van der Waals surface area contributed by atoms with Crippen LogP contribution in [0.5, 0.6) is 5.75 Å². The molecule has 1 heterocycles. The zero-order valence-electron chi connectivity index (χ0n) is 17.0. The number of fused-ring (bicyclic) bond motifs is 1. The number of thiazole rings is 1. The van der Waals surface area contributed by atoms with E-state index in [1.807, 2.05) is 6.07 Å². The number of azo groups is 1. The van der Waals surface area contributed by atoms with Gasteiger partial charge in [-0.2, -0.15) is 0 Å². The Hall–Kier alpha value is -2.42. The molecule has 0 spiro atoms. The molecule has 0 unspecified atom stereocenters. The van der Waals surface area contributed by atoms with E-state index in [4.69, 9.17) is 27.9 Å². The summed E-state index contributed by atoms with van der Waals surface area (Å²) in [6, 6.07) is 7.04. The fourth-order valence-corrected chi connectivity index (χ4v) is 4.15. The number of methoxy groups -OCH3 is 1. The number of amides is 1. The van der Waals surface area contributed by atoms with E-state index in [1.54, 1.807) is 25.3 Å². The van der Waals surface area contributed by atoms with E-state index in [0.717, 1.165) is 23.5 Å². The van der Waals surface area contributed by atoms with Gasteiger partial charge in [0.15, 0.2) is 0 Å². The molecule has 0 radical (unpaired) electrons. The molecular formula is C20H21Cl2N5O2S. The highest BCUT2D eigenvalue weighted by molar-refractivity contribution is 7.22. The topological polar surface area (TPSA) is 79.2 Å². The lowest BCUT2D eigenvalue weighted by Crippen LogP contribution is -2.22. The maximum atomic E-state index is 11.7. The number of hydrogen-bond donors (Lipinski definition) is 1. The number of nitrogens with zero attached hydrogens (tertiary/aromatic N) is 4. The molecule has 0 atom stereocenters. The summed E-state index contributed by atoms with van der Waals surface area (Å²) in [7, 11) is 1.60. The maximum absolute atomic E-state index is 11.7. The van der Waals surface area contributed by atoms with Crippen molar-refractivity contribution in [2.45, 2.75) is 20.8 Å². The minimum atomic E-state index is -0.202. The van der Waals surface area contributed by atoms with Crippen LogP contribution in [0.25, 0.3) is 10.2 Å². The first-order chi connectivity index (χ1) is 14.4. The summed E-state index contributed by atoms with van der Waals surface area (Å²) in [4.78, 5) is 18.3. The highest BCUT2D eigenvalue weighted by atomic mass is 35.5.